The molecule has 0 bridgehead atoms. The van der Waals surface area contributed by atoms with Crippen LogP contribution in [-0.4, -0.2) is 11.1 Å². The van der Waals surface area contributed by atoms with Gasteiger partial charge in [-0.15, -0.1) is 0 Å². The molecular formula is C14H17ClN2O. The van der Waals surface area contributed by atoms with E-state index in [4.69, 9.17) is 17.3 Å². The van der Waals surface area contributed by atoms with Crippen molar-refractivity contribution in [2.75, 3.05) is 6.54 Å². The summed E-state index contributed by atoms with van der Waals surface area (Å²) in [6, 6.07) is 5.78. The van der Waals surface area contributed by atoms with Crippen molar-refractivity contribution in [1.29, 1.82) is 0 Å². The first kappa shape index (κ1) is 13.1. The highest BCUT2D eigenvalue weighted by molar-refractivity contribution is 6.32. The third kappa shape index (κ3) is 2.16. The van der Waals surface area contributed by atoms with Crippen molar-refractivity contribution in [2.45, 2.75) is 19.8 Å². The molecule has 0 saturated carbocycles. The van der Waals surface area contributed by atoms with Crippen molar-refractivity contribution in [3.8, 4) is 0 Å². The smallest absolute Gasteiger partial charge is 0.253 e. The minimum absolute atomic E-state index is 0.0429. The van der Waals surface area contributed by atoms with Crippen LogP contribution in [0.1, 0.15) is 17.5 Å². The van der Waals surface area contributed by atoms with Gasteiger partial charge in [0.1, 0.15) is 0 Å². The average molecular weight is 265 g/mol. The van der Waals surface area contributed by atoms with Gasteiger partial charge in [-0.25, -0.2) is 0 Å². The van der Waals surface area contributed by atoms with Crippen LogP contribution in [0.4, 0.5) is 0 Å². The van der Waals surface area contributed by atoms with E-state index in [1.807, 2.05) is 25.1 Å². The Labute approximate surface area is 111 Å². The first-order valence-corrected chi connectivity index (χ1v) is 6.42. The number of nitrogens with two attached hydrogens (primary N) is 1. The quantitative estimate of drug-likeness (QED) is 0.925. The molecule has 96 valence electrons. The van der Waals surface area contributed by atoms with Gasteiger partial charge in [0.2, 0.25) is 0 Å². The van der Waals surface area contributed by atoms with E-state index in [2.05, 4.69) is 0 Å². The topological polar surface area (TPSA) is 48.0 Å². The minimum atomic E-state index is 0.0429. The molecule has 18 heavy (non-hydrogen) atoms. The first-order chi connectivity index (χ1) is 8.56. The standard InChI is InChI=1S/C14H17ClN2O/c1-9-12(15)6-5-10-8-11(4-3-7-16)14(18)17(2)13(9)10/h5-6,8H,3-4,7,16H2,1-2H3. The van der Waals surface area contributed by atoms with Crippen molar-refractivity contribution >= 4 is 22.5 Å². The molecule has 0 fully saturated rings. The van der Waals surface area contributed by atoms with Crippen LogP contribution in [0, 0.1) is 6.92 Å². The molecule has 0 atom stereocenters. The molecule has 2 aromatic rings. The molecular weight excluding hydrogens is 248 g/mol. The zero-order valence-corrected chi connectivity index (χ0v) is 11.4. The van der Waals surface area contributed by atoms with Crippen molar-refractivity contribution in [3.63, 3.8) is 0 Å². The van der Waals surface area contributed by atoms with Crippen LogP contribution in [0.2, 0.25) is 5.02 Å². The van der Waals surface area contributed by atoms with Crippen LogP contribution >= 0.6 is 11.6 Å². The van der Waals surface area contributed by atoms with Gasteiger partial charge in [0, 0.05) is 17.6 Å². The maximum absolute atomic E-state index is 12.2. The van der Waals surface area contributed by atoms with E-state index in [-0.39, 0.29) is 5.56 Å². The molecule has 0 aliphatic carbocycles. The number of nitrogens with zero attached hydrogens (tertiary/aromatic N) is 1. The molecule has 1 aromatic heterocycles. The Bertz CT molecular complexity index is 646. The van der Waals surface area contributed by atoms with E-state index in [0.29, 0.717) is 11.6 Å². The highest BCUT2D eigenvalue weighted by Gasteiger charge is 2.10. The van der Waals surface area contributed by atoms with Crippen LogP contribution in [0.25, 0.3) is 10.9 Å². The minimum Gasteiger partial charge on any atom is -0.330 e. The SMILES string of the molecule is Cc1c(Cl)ccc2cc(CCCN)c(=O)n(C)c12. The fourth-order valence-corrected chi connectivity index (χ4v) is 2.45. The second kappa shape index (κ2) is 5.12. The lowest BCUT2D eigenvalue weighted by molar-refractivity contribution is 0.798. The van der Waals surface area contributed by atoms with Crippen LogP contribution in [0.15, 0.2) is 23.0 Å². The van der Waals surface area contributed by atoms with Gasteiger partial charge in [-0.1, -0.05) is 17.7 Å². The Morgan fingerprint density at radius 1 is 1.39 bits per heavy atom. The number of benzene rings is 1. The van der Waals surface area contributed by atoms with Gasteiger partial charge in [0.25, 0.3) is 5.56 Å². The van der Waals surface area contributed by atoms with E-state index >= 15 is 0 Å². The summed E-state index contributed by atoms with van der Waals surface area (Å²) in [5.41, 5.74) is 8.20. The molecule has 1 aromatic carbocycles. The molecule has 0 saturated heterocycles. The Morgan fingerprint density at radius 2 is 2.11 bits per heavy atom. The first-order valence-electron chi connectivity index (χ1n) is 6.04. The molecule has 1 heterocycles. The number of aromatic nitrogens is 1. The number of hydrogen-bond acceptors (Lipinski definition) is 2. The monoisotopic (exact) mass is 264 g/mol. The molecule has 0 unspecified atom stereocenters. The zero-order valence-electron chi connectivity index (χ0n) is 10.7. The lowest BCUT2D eigenvalue weighted by atomic mass is 10.1. The van der Waals surface area contributed by atoms with E-state index in [0.717, 1.165) is 34.9 Å². The van der Waals surface area contributed by atoms with Gasteiger partial charge >= 0.3 is 0 Å². The summed E-state index contributed by atoms with van der Waals surface area (Å²) in [5, 5.41) is 1.73. The largest absolute Gasteiger partial charge is 0.330 e. The Kier molecular flexibility index (Phi) is 3.73. The lowest BCUT2D eigenvalue weighted by Gasteiger charge is -2.11. The van der Waals surface area contributed by atoms with Crippen molar-refractivity contribution in [1.82, 2.24) is 4.57 Å². The summed E-state index contributed by atoms with van der Waals surface area (Å²) in [7, 11) is 1.79. The van der Waals surface area contributed by atoms with Crippen LogP contribution in [0.3, 0.4) is 0 Å². The van der Waals surface area contributed by atoms with E-state index in [1.165, 1.54) is 0 Å². The molecule has 3 nitrogen and oxygen atoms in total. The number of aryl methyl sites for hydroxylation is 3. The van der Waals surface area contributed by atoms with Crippen LogP contribution in [-0.2, 0) is 13.5 Å². The van der Waals surface area contributed by atoms with E-state index in [9.17, 15) is 4.79 Å². The van der Waals surface area contributed by atoms with Crippen LogP contribution in [0.5, 0.6) is 0 Å². The summed E-state index contributed by atoms with van der Waals surface area (Å²) in [6.45, 7) is 2.53. The maximum atomic E-state index is 12.2. The summed E-state index contributed by atoms with van der Waals surface area (Å²) in [6.07, 6.45) is 1.55. The van der Waals surface area contributed by atoms with Crippen molar-refractivity contribution in [3.05, 3.63) is 44.7 Å². The average Bonchev–Trinajstić information content (AvgIpc) is 2.36. The number of fused-ring (bicyclic) bond motifs is 1. The normalized spacial score (nSPS) is 11.1. The predicted octanol–water partition coefficient (Wildman–Crippen LogP) is 2.39. The van der Waals surface area contributed by atoms with Crippen molar-refractivity contribution < 1.29 is 0 Å². The van der Waals surface area contributed by atoms with E-state index in [1.54, 1.807) is 11.6 Å². The van der Waals surface area contributed by atoms with Gasteiger partial charge in [0.05, 0.1) is 5.52 Å². The molecule has 2 N–H and O–H groups in total. The number of rotatable bonds is 3. The third-order valence-electron chi connectivity index (χ3n) is 3.29. The second-order valence-corrected chi connectivity index (χ2v) is 4.94. The molecule has 2 rings (SSSR count). The van der Waals surface area contributed by atoms with Crippen molar-refractivity contribution in [2.24, 2.45) is 12.8 Å². The lowest BCUT2D eigenvalue weighted by Crippen LogP contribution is -2.22. The molecule has 0 aliphatic rings. The van der Waals surface area contributed by atoms with Crippen LogP contribution < -0.4 is 11.3 Å². The second-order valence-electron chi connectivity index (χ2n) is 4.54. The summed E-state index contributed by atoms with van der Waals surface area (Å²) >= 11 is 6.10. The van der Waals surface area contributed by atoms with Gasteiger partial charge in [0.15, 0.2) is 0 Å². The highest BCUT2D eigenvalue weighted by Crippen LogP contribution is 2.24. The summed E-state index contributed by atoms with van der Waals surface area (Å²) in [5.74, 6) is 0. The number of pyridine rings is 1. The Hall–Kier alpha value is -1.32. The van der Waals surface area contributed by atoms with Gasteiger partial charge in [-0.2, -0.15) is 0 Å². The molecule has 0 radical (unpaired) electrons. The molecule has 0 aliphatic heterocycles. The number of halogens is 1. The molecule has 0 spiro atoms. The fourth-order valence-electron chi connectivity index (χ4n) is 2.30. The predicted molar refractivity (Wildman–Crippen MR) is 76.3 cm³/mol. The van der Waals surface area contributed by atoms with Gasteiger partial charge < -0.3 is 10.3 Å². The molecule has 4 heteroatoms. The highest BCUT2D eigenvalue weighted by atomic mass is 35.5. The summed E-state index contributed by atoms with van der Waals surface area (Å²) in [4.78, 5) is 12.2. The zero-order chi connectivity index (χ0) is 13.3. The summed E-state index contributed by atoms with van der Waals surface area (Å²) < 4.78 is 1.68. The Morgan fingerprint density at radius 3 is 2.78 bits per heavy atom. The third-order valence-corrected chi connectivity index (χ3v) is 3.70. The Balaban J connectivity index is 2.71. The fraction of sp³-hybridized carbons (Fsp3) is 0.357. The van der Waals surface area contributed by atoms with Gasteiger partial charge in [-0.3, -0.25) is 4.79 Å². The van der Waals surface area contributed by atoms with E-state index < -0.39 is 0 Å². The number of hydrogen-bond donors (Lipinski definition) is 1. The van der Waals surface area contributed by atoms with Gasteiger partial charge in [-0.05, 0) is 49.4 Å². The maximum Gasteiger partial charge on any atom is 0.253 e. The molecule has 0 amide bonds.